The van der Waals surface area contributed by atoms with Crippen molar-refractivity contribution < 1.29 is 0 Å². The molecule has 1 heterocycles. The van der Waals surface area contributed by atoms with Crippen molar-refractivity contribution >= 4 is 22.2 Å². The summed E-state index contributed by atoms with van der Waals surface area (Å²) < 4.78 is 0. The Morgan fingerprint density at radius 1 is 0.900 bits per heavy atom. The fraction of sp³-hybridized carbons (Fsp3) is 0.118. The molecular weight excluding hydrogens is 264 g/mol. The minimum absolute atomic E-state index is 0.935. The van der Waals surface area contributed by atoms with E-state index in [2.05, 4.69) is 72.7 Å². The van der Waals surface area contributed by atoms with Gasteiger partial charge in [-0.15, -0.1) is 0 Å². The van der Waals surface area contributed by atoms with Gasteiger partial charge < -0.3 is 5.32 Å². The van der Waals surface area contributed by atoms with Gasteiger partial charge in [0.1, 0.15) is 0 Å². The third-order valence-electron chi connectivity index (χ3n) is 3.14. The predicted molar refractivity (Wildman–Crippen MR) is 86.7 cm³/mol. The van der Waals surface area contributed by atoms with Crippen molar-refractivity contribution in [2.24, 2.45) is 0 Å². The summed E-state index contributed by atoms with van der Waals surface area (Å²) in [6.07, 6.45) is 0. The van der Waals surface area contributed by atoms with E-state index in [9.17, 15) is 0 Å². The maximum atomic E-state index is 4.61. The van der Waals surface area contributed by atoms with E-state index in [0.29, 0.717) is 0 Å². The first-order valence-electron chi connectivity index (χ1n) is 6.59. The molecule has 1 aromatic heterocycles. The molecule has 0 spiro atoms. The van der Waals surface area contributed by atoms with E-state index in [1.54, 1.807) is 11.3 Å². The van der Waals surface area contributed by atoms with E-state index >= 15 is 0 Å². The second-order valence-corrected chi connectivity index (χ2v) is 5.79. The highest BCUT2D eigenvalue weighted by atomic mass is 32.1. The topological polar surface area (TPSA) is 24.9 Å². The zero-order valence-corrected chi connectivity index (χ0v) is 12.4. The molecule has 0 aliphatic carbocycles. The van der Waals surface area contributed by atoms with Crippen molar-refractivity contribution in [1.82, 2.24) is 4.98 Å². The average molecular weight is 280 g/mol. The molecular formula is C17H16N2S. The summed E-state index contributed by atoms with van der Waals surface area (Å²) in [6, 6.07) is 18.7. The molecule has 0 radical (unpaired) electrons. The molecule has 0 fully saturated rings. The van der Waals surface area contributed by atoms with E-state index in [-0.39, 0.29) is 0 Å². The molecule has 0 atom stereocenters. The number of benzene rings is 2. The standard InChI is InChI=1S/C17H16N2S/c1-12-8-10-15(11-9-12)19-17-18-13(2)16(20-17)14-6-4-3-5-7-14/h3-11H,1-2H3,(H,18,19). The summed E-state index contributed by atoms with van der Waals surface area (Å²) in [6.45, 7) is 4.14. The lowest BCUT2D eigenvalue weighted by atomic mass is 10.2. The number of nitrogens with zero attached hydrogens (tertiary/aromatic N) is 1. The number of thiazole rings is 1. The van der Waals surface area contributed by atoms with Gasteiger partial charge in [-0.3, -0.25) is 0 Å². The molecule has 2 aromatic carbocycles. The van der Waals surface area contributed by atoms with Crippen LogP contribution in [0.4, 0.5) is 10.8 Å². The van der Waals surface area contributed by atoms with Gasteiger partial charge in [-0.05, 0) is 31.5 Å². The summed E-state index contributed by atoms with van der Waals surface area (Å²) in [5.41, 5.74) is 4.62. The maximum Gasteiger partial charge on any atom is 0.187 e. The van der Waals surface area contributed by atoms with Crippen LogP contribution in [0.3, 0.4) is 0 Å². The summed E-state index contributed by atoms with van der Waals surface area (Å²) in [7, 11) is 0. The van der Waals surface area contributed by atoms with Crippen LogP contribution < -0.4 is 5.32 Å². The molecule has 2 nitrogen and oxygen atoms in total. The van der Waals surface area contributed by atoms with Crippen LogP contribution in [0.25, 0.3) is 10.4 Å². The second kappa shape index (κ2) is 5.47. The van der Waals surface area contributed by atoms with Gasteiger partial charge in [0.2, 0.25) is 0 Å². The third kappa shape index (κ3) is 2.73. The fourth-order valence-electron chi connectivity index (χ4n) is 2.07. The van der Waals surface area contributed by atoms with Gasteiger partial charge in [-0.25, -0.2) is 4.98 Å². The van der Waals surface area contributed by atoms with Crippen molar-refractivity contribution in [2.45, 2.75) is 13.8 Å². The van der Waals surface area contributed by atoms with Crippen molar-refractivity contribution in [3.63, 3.8) is 0 Å². The molecule has 20 heavy (non-hydrogen) atoms. The van der Waals surface area contributed by atoms with Gasteiger partial charge in [0.25, 0.3) is 0 Å². The minimum atomic E-state index is 0.935. The van der Waals surface area contributed by atoms with Crippen LogP contribution in [0.1, 0.15) is 11.3 Å². The van der Waals surface area contributed by atoms with Crippen LogP contribution in [0.5, 0.6) is 0 Å². The molecule has 100 valence electrons. The van der Waals surface area contributed by atoms with Crippen molar-refractivity contribution in [1.29, 1.82) is 0 Å². The third-order valence-corrected chi connectivity index (χ3v) is 4.26. The number of hydrogen-bond acceptors (Lipinski definition) is 3. The second-order valence-electron chi connectivity index (χ2n) is 4.79. The van der Waals surface area contributed by atoms with Crippen LogP contribution in [0.15, 0.2) is 54.6 Å². The van der Waals surface area contributed by atoms with Crippen molar-refractivity contribution in [3.8, 4) is 10.4 Å². The van der Waals surface area contributed by atoms with Crippen molar-refractivity contribution in [2.75, 3.05) is 5.32 Å². The Balaban J connectivity index is 1.87. The maximum absolute atomic E-state index is 4.61. The first-order chi connectivity index (χ1) is 9.72. The quantitative estimate of drug-likeness (QED) is 0.716. The zero-order chi connectivity index (χ0) is 13.9. The lowest BCUT2D eigenvalue weighted by Gasteiger charge is -2.02. The number of hydrogen-bond donors (Lipinski definition) is 1. The van der Waals surface area contributed by atoms with E-state index in [0.717, 1.165) is 16.5 Å². The Labute approximate surface area is 123 Å². The molecule has 3 aromatic rings. The highest BCUT2D eigenvalue weighted by molar-refractivity contribution is 7.19. The lowest BCUT2D eigenvalue weighted by molar-refractivity contribution is 1.26. The lowest BCUT2D eigenvalue weighted by Crippen LogP contribution is -1.89. The molecule has 0 aliphatic heterocycles. The predicted octanol–water partition coefficient (Wildman–Crippen LogP) is 5.17. The Morgan fingerprint density at radius 3 is 2.30 bits per heavy atom. The number of anilines is 2. The van der Waals surface area contributed by atoms with Gasteiger partial charge >= 0.3 is 0 Å². The average Bonchev–Trinajstić information content (AvgIpc) is 2.83. The molecule has 0 saturated heterocycles. The fourth-order valence-corrected chi connectivity index (χ4v) is 3.06. The first kappa shape index (κ1) is 12.9. The molecule has 0 saturated carbocycles. The first-order valence-corrected chi connectivity index (χ1v) is 7.40. The Hall–Kier alpha value is -2.13. The molecule has 0 bridgehead atoms. The number of nitrogens with one attached hydrogen (secondary N) is 1. The Bertz CT molecular complexity index is 700. The summed E-state index contributed by atoms with van der Waals surface area (Å²) in [4.78, 5) is 5.83. The van der Waals surface area contributed by atoms with Crippen LogP contribution in [-0.4, -0.2) is 4.98 Å². The van der Waals surface area contributed by atoms with E-state index in [1.165, 1.54) is 16.0 Å². The summed E-state index contributed by atoms with van der Waals surface area (Å²) in [5, 5.41) is 4.30. The highest BCUT2D eigenvalue weighted by Gasteiger charge is 2.09. The van der Waals surface area contributed by atoms with Crippen LogP contribution in [0.2, 0.25) is 0 Å². The molecule has 3 heteroatoms. The van der Waals surface area contributed by atoms with E-state index in [1.807, 2.05) is 6.07 Å². The van der Waals surface area contributed by atoms with Gasteiger partial charge in [-0.2, -0.15) is 0 Å². The largest absolute Gasteiger partial charge is 0.332 e. The zero-order valence-electron chi connectivity index (χ0n) is 11.6. The highest BCUT2D eigenvalue weighted by Crippen LogP contribution is 2.33. The normalized spacial score (nSPS) is 10.5. The van der Waals surface area contributed by atoms with Gasteiger partial charge in [0.15, 0.2) is 5.13 Å². The SMILES string of the molecule is Cc1ccc(Nc2nc(C)c(-c3ccccc3)s2)cc1. The number of rotatable bonds is 3. The minimum Gasteiger partial charge on any atom is -0.332 e. The monoisotopic (exact) mass is 280 g/mol. The smallest absolute Gasteiger partial charge is 0.187 e. The summed E-state index contributed by atoms with van der Waals surface area (Å²) >= 11 is 1.69. The summed E-state index contributed by atoms with van der Waals surface area (Å²) in [5.74, 6) is 0. The number of aryl methyl sites for hydroxylation is 2. The molecule has 0 amide bonds. The molecule has 3 rings (SSSR count). The van der Waals surface area contributed by atoms with E-state index in [4.69, 9.17) is 0 Å². The number of aromatic nitrogens is 1. The van der Waals surface area contributed by atoms with Crippen LogP contribution in [0, 0.1) is 13.8 Å². The molecule has 0 aliphatic rings. The van der Waals surface area contributed by atoms with Gasteiger partial charge in [-0.1, -0.05) is 59.4 Å². The Kier molecular flexibility index (Phi) is 3.52. The Morgan fingerprint density at radius 2 is 1.60 bits per heavy atom. The van der Waals surface area contributed by atoms with Gasteiger partial charge in [0.05, 0.1) is 10.6 Å². The molecule has 1 N–H and O–H groups in total. The van der Waals surface area contributed by atoms with Gasteiger partial charge in [0, 0.05) is 5.69 Å². The van der Waals surface area contributed by atoms with E-state index < -0.39 is 0 Å². The van der Waals surface area contributed by atoms with Crippen LogP contribution in [-0.2, 0) is 0 Å². The molecule has 0 unspecified atom stereocenters. The van der Waals surface area contributed by atoms with Crippen molar-refractivity contribution in [3.05, 3.63) is 65.9 Å². The van der Waals surface area contributed by atoms with Crippen LogP contribution >= 0.6 is 11.3 Å².